The van der Waals surface area contributed by atoms with Crippen molar-refractivity contribution in [3.63, 3.8) is 0 Å². The van der Waals surface area contributed by atoms with Crippen molar-refractivity contribution in [3.8, 4) is 0 Å². The summed E-state index contributed by atoms with van der Waals surface area (Å²) < 4.78 is 1.81. The zero-order valence-corrected chi connectivity index (χ0v) is 13.9. The molecule has 0 spiro atoms. The highest BCUT2D eigenvalue weighted by Crippen LogP contribution is 2.33. The number of aromatic nitrogens is 2. The number of carbonyl (C=O) groups is 1. The molecule has 1 saturated carbocycles. The van der Waals surface area contributed by atoms with Crippen LogP contribution in [-0.2, 0) is 4.79 Å². The van der Waals surface area contributed by atoms with Crippen molar-refractivity contribution in [2.75, 3.05) is 20.6 Å². The Morgan fingerprint density at radius 1 is 1.43 bits per heavy atom. The predicted molar refractivity (Wildman–Crippen MR) is 84.3 cm³/mol. The highest BCUT2D eigenvalue weighted by atomic mass is 16.2. The van der Waals surface area contributed by atoms with Crippen LogP contribution in [0.25, 0.3) is 0 Å². The lowest BCUT2D eigenvalue weighted by Crippen LogP contribution is -2.51. The molecule has 0 aromatic carbocycles. The van der Waals surface area contributed by atoms with Crippen LogP contribution in [0.15, 0.2) is 6.07 Å². The summed E-state index contributed by atoms with van der Waals surface area (Å²) in [5.74, 6) is 0.0503. The summed E-state index contributed by atoms with van der Waals surface area (Å²) in [4.78, 5) is 14.7. The van der Waals surface area contributed by atoms with Crippen LogP contribution in [0.5, 0.6) is 0 Å². The van der Waals surface area contributed by atoms with Gasteiger partial charge in [-0.25, -0.2) is 0 Å². The van der Waals surface area contributed by atoms with Crippen molar-refractivity contribution in [1.82, 2.24) is 20.0 Å². The smallest absolute Gasteiger partial charge is 0.244 e. The Kier molecular flexibility index (Phi) is 4.71. The molecule has 0 radical (unpaired) electrons. The second-order valence-electron chi connectivity index (χ2n) is 6.59. The van der Waals surface area contributed by atoms with Crippen LogP contribution < -0.4 is 5.32 Å². The fourth-order valence-electron chi connectivity index (χ4n) is 3.36. The van der Waals surface area contributed by atoms with Crippen LogP contribution in [0.1, 0.15) is 50.0 Å². The molecule has 21 heavy (non-hydrogen) atoms. The number of nitrogens with one attached hydrogen (secondary N) is 1. The molecule has 1 aliphatic carbocycles. The van der Waals surface area contributed by atoms with E-state index in [0.717, 1.165) is 30.8 Å². The SMILES string of the molecule is Cc1cc(C)n(C(C)C(=O)NCC2(N(C)C)CCCC2)n1. The molecule has 1 amide bonds. The highest BCUT2D eigenvalue weighted by Gasteiger charge is 2.36. The van der Waals surface area contributed by atoms with E-state index in [0.29, 0.717) is 0 Å². The van der Waals surface area contributed by atoms with Gasteiger partial charge in [-0.3, -0.25) is 9.48 Å². The number of amides is 1. The minimum atomic E-state index is -0.265. The first-order valence-electron chi connectivity index (χ1n) is 7.84. The largest absolute Gasteiger partial charge is 0.352 e. The van der Waals surface area contributed by atoms with Crippen molar-refractivity contribution >= 4 is 5.91 Å². The summed E-state index contributed by atoms with van der Waals surface area (Å²) >= 11 is 0. The number of carbonyl (C=O) groups excluding carboxylic acids is 1. The zero-order valence-electron chi connectivity index (χ0n) is 13.9. The lowest BCUT2D eigenvalue weighted by Gasteiger charge is -2.36. The molecule has 1 aromatic heterocycles. The van der Waals surface area contributed by atoms with E-state index in [2.05, 4.69) is 29.4 Å². The minimum absolute atomic E-state index is 0.0503. The van der Waals surface area contributed by atoms with E-state index < -0.39 is 0 Å². The van der Waals surface area contributed by atoms with Gasteiger partial charge in [0, 0.05) is 17.8 Å². The molecule has 0 aliphatic heterocycles. The van der Waals surface area contributed by atoms with E-state index in [4.69, 9.17) is 0 Å². The second kappa shape index (κ2) is 6.18. The molecule has 1 N–H and O–H groups in total. The molecule has 0 bridgehead atoms. The third kappa shape index (κ3) is 3.28. The summed E-state index contributed by atoms with van der Waals surface area (Å²) in [6.45, 7) is 6.57. The maximum Gasteiger partial charge on any atom is 0.244 e. The van der Waals surface area contributed by atoms with Gasteiger partial charge in [0.2, 0.25) is 5.91 Å². The van der Waals surface area contributed by atoms with Gasteiger partial charge in [-0.2, -0.15) is 5.10 Å². The molecule has 1 aromatic rings. The van der Waals surface area contributed by atoms with Crippen LogP contribution in [0.3, 0.4) is 0 Å². The van der Waals surface area contributed by atoms with Gasteiger partial charge in [-0.15, -0.1) is 0 Å². The molecule has 2 rings (SSSR count). The second-order valence-corrected chi connectivity index (χ2v) is 6.59. The average Bonchev–Trinajstić information content (AvgIpc) is 3.02. The van der Waals surface area contributed by atoms with Crippen molar-refractivity contribution in [2.24, 2.45) is 0 Å². The topological polar surface area (TPSA) is 50.2 Å². The molecule has 0 saturated heterocycles. The van der Waals surface area contributed by atoms with E-state index in [1.807, 2.05) is 31.5 Å². The monoisotopic (exact) mass is 292 g/mol. The van der Waals surface area contributed by atoms with E-state index in [1.165, 1.54) is 12.8 Å². The summed E-state index contributed by atoms with van der Waals surface area (Å²) in [6, 6.07) is 1.74. The lowest BCUT2D eigenvalue weighted by atomic mass is 9.96. The number of hydrogen-bond acceptors (Lipinski definition) is 3. The number of rotatable bonds is 5. The van der Waals surface area contributed by atoms with Gasteiger partial charge in [0.05, 0.1) is 5.69 Å². The Labute approximate surface area is 127 Å². The first-order valence-corrected chi connectivity index (χ1v) is 7.84. The summed E-state index contributed by atoms with van der Waals surface area (Å²) in [5, 5.41) is 7.55. The highest BCUT2D eigenvalue weighted by molar-refractivity contribution is 5.80. The van der Waals surface area contributed by atoms with Gasteiger partial charge in [-0.1, -0.05) is 12.8 Å². The van der Waals surface area contributed by atoms with Gasteiger partial charge in [-0.05, 0) is 53.8 Å². The minimum Gasteiger partial charge on any atom is -0.352 e. The molecule has 118 valence electrons. The van der Waals surface area contributed by atoms with Gasteiger partial charge >= 0.3 is 0 Å². The molecular weight excluding hydrogens is 264 g/mol. The third-order valence-electron chi connectivity index (χ3n) is 4.87. The van der Waals surface area contributed by atoms with E-state index >= 15 is 0 Å². The van der Waals surface area contributed by atoms with E-state index in [-0.39, 0.29) is 17.5 Å². The Bertz CT molecular complexity index is 500. The normalized spacial score (nSPS) is 19.0. The fourth-order valence-corrected chi connectivity index (χ4v) is 3.36. The number of likely N-dealkylation sites (N-methyl/N-ethyl adjacent to an activating group) is 1. The van der Waals surface area contributed by atoms with Crippen molar-refractivity contribution in [2.45, 2.75) is 58.0 Å². The lowest BCUT2D eigenvalue weighted by molar-refractivity contribution is -0.124. The third-order valence-corrected chi connectivity index (χ3v) is 4.87. The van der Waals surface area contributed by atoms with Gasteiger partial charge in [0.15, 0.2) is 0 Å². The first-order chi connectivity index (χ1) is 9.85. The Morgan fingerprint density at radius 2 is 2.05 bits per heavy atom. The van der Waals surface area contributed by atoms with E-state index in [1.54, 1.807) is 0 Å². The predicted octanol–water partition coefficient (Wildman–Crippen LogP) is 2.05. The molecule has 5 nitrogen and oxygen atoms in total. The van der Waals surface area contributed by atoms with Crippen LogP contribution in [-0.4, -0.2) is 46.8 Å². The maximum absolute atomic E-state index is 12.4. The van der Waals surface area contributed by atoms with E-state index in [9.17, 15) is 4.79 Å². The Hall–Kier alpha value is -1.36. The Morgan fingerprint density at radius 3 is 2.52 bits per heavy atom. The maximum atomic E-state index is 12.4. The number of hydrogen-bond donors (Lipinski definition) is 1. The number of aryl methyl sites for hydroxylation is 2. The molecular formula is C16H28N4O. The molecule has 5 heteroatoms. The van der Waals surface area contributed by atoms with Crippen LogP contribution in [0.2, 0.25) is 0 Å². The van der Waals surface area contributed by atoms with Crippen LogP contribution in [0, 0.1) is 13.8 Å². The number of nitrogens with zero attached hydrogens (tertiary/aromatic N) is 3. The Balaban J connectivity index is 1.99. The van der Waals surface area contributed by atoms with Crippen LogP contribution in [0.4, 0.5) is 0 Å². The van der Waals surface area contributed by atoms with Gasteiger partial charge in [0.1, 0.15) is 6.04 Å². The van der Waals surface area contributed by atoms with Crippen molar-refractivity contribution < 1.29 is 4.79 Å². The quantitative estimate of drug-likeness (QED) is 0.903. The van der Waals surface area contributed by atoms with Crippen molar-refractivity contribution in [1.29, 1.82) is 0 Å². The molecule has 1 heterocycles. The zero-order chi connectivity index (χ0) is 15.6. The summed E-state index contributed by atoms with van der Waals surface area (Å²) in [7, 11) is 4.23. The molecule has 1 unspecified atom stereocenters. The first kappa shape index (κ1) is 16.0. The molecule has 1 fully saturated rings. The van der Waals surface area contributed by atoms with Gasteiger partial charge in [0.25, 0.3) is 0 Å². The summed E-state index contributed by atoms with van der Waals surface area (Å²) in [5.41, 5.74) is 2.11. The average molecular weight is 292 g/mol. The fraction of sp³-hybridized carbons (Fsp3) is 0.750. The molecule has 1 aliphatic rings. The standard InChI is InChI=1S/C16H28N4O/c1-12-10-13(2)20(18-12)14(3)15(21)17-11-16(19(4)5)8-6-7-9-16/h10,14H,6-9,11H2,1-5H3,(H,17,21). The van der Waals surface area contributed by atoms with Crippen LogP contribution >= 0.6 is 0 Å². The summed E-state index contributed by atoms with van der Waals surface area (Å²) in [6.07, 6.45) is 4.82. The van der Waals surface area contributed by atoms with Crippen molar-refractivity contribution in [3.05, 3.63) is 17.5 Å². The van der Waals surface area contributed by atoms with Gasteiger partial charge < -0.3 is 10.2 Å². The molecule has 1 atom stereocenters.